The van der Waals surface area contributed by atoms with Crippen molar-refractivity contribution in [2.24, 2.45) is 0 Å². The zero-order chi connectivity index (χ0) is 22.5. The highest BCUT2D eigenvalue weighted by Crippen LogP contribution is 2.21. The SMILES string of the molecule is COc1cc(Cn2cncc2CN[C@H]2CCN(Cc3cccc(Cl)c3)C2=O)ccc1C#N.Cl. The zero-order valence-corrected chi connectivity index (χ0v) is 19.8. The van der Waals surface area contributed by atoms with Gasteiger partial charge in [0.25, 0.3) is 0 Å². The molecule has 2 heterocycles. The molecule has 0 radical (unpaired) electrons. The molecular weight excluding hydrogens is 461 g/mol. The van der Waals surface area contributed by atoms with Gasteiger partial charge in [-0.3, -0.25) is 4.79 Å². The standard InChI is InChI=1S/C24H24ClN5O2.ClH/c1-32-23-10-18(5-6-19(23)11-26)15-30-16-27-12-21(30)13-28-22-7-8-29(24(22)31)14-17-3-2-4-20(25)9-17;/h2-6,9-10,12,16,22,28H,7-8,13-15H2,1H3;1H/t22-;/m0./s1. The van der Waals surface area contributed by atoms with Crippen LogP contribution in [0.25, 0.3) is 0 Å². The molecule has 1 saturated heterocycles. The topological polar surface area (TPSA) is 83.2 Å². The van der Waals surface area contributed by atoms with E-state index in [0.29, 0.717) is 42.5 Å². The van der Waals surface area contributed by atoms with Crippen molar-refractivity contribution in [1.29, 1.82) is 5.26 Å². The van der Waals surface area contributed by atoms with Gasteiger partial charge in [0.1, 0.15) is 11.8 Å². The third-order valence-corrected chi connectivity index (χ3v) is 5.86. The van der Waals surface area contributed by atoms with Crippen LogP contribution >= 0.6 is 24.0 Å². The Morgan fingerprint density at radius 1 is 1.24 bits per heavy atom. The smallest absolute Gasteiger partial charge is 0.240 e. The summed E-state index contributed by atoms with van der Waals surface area (Å²) in [5.74, 6) is 0.661. The Morgan fingerprint density at radius 2 is 2.06 bits per heavy atom. The summed E-state index contributed by atoms with van der Waals surface area (Å²) in [6.07, 6.45) is 4.33. The highest BCUT2D eigenvalue weighted by Gasteiger charge is 2.31. The average molecular weight is 486 g/mol. The number of methoxy groups -OCH3 is 1. The van der Waals surface area contributed by atoms with E-state index in [9.17, 15) is 4.79 Å². The lowest BCUT2D eigenvalue weighted by atomic mass is 10.1. The van der Waals surface area contributed by atoms with Gasteiger partial charge in [-0.2, -0.15) is 5.26 Å². The van der Waals surface area contributed by atoms with Gasteiger partial charge >= 0.3 is 0 Å². The minimum atomic E-state index is -0.215. The summed E-state index contributed by atoms with van der Waals surface area (Å²) in [6, 6.07) is 15.1. The maximum atomic E-state index is 12.8. The first kappa shape index (κ1) is 24.6. The number of carbonyl (C=O) groups is 1. The Bertz CT molecular complexity index is 1160. The Balaban J connectivity index is 0.00000306. The molecule has 7 nitrogen and oxygen atoms in total. The van der Waals surface area contributed by atoms with Crippen molar-refractivity contribution < 1.29 is 9.53 Å². The zero-order valence-electron chi connectivity index (χ0n) is 18.2. The van der Waals surface area contributed by atoms with Crippen LogP contribution in [0.5, 0.6) is 5.75 Å². The quantitative estimate of drug-likeness (QED) is 0.524. The first-order valence-corrected chi connectivity index (χ1v) is 10.8. The summed E-state index contributed by atoms with van der Waals surface area (Å²) in [7, 11) is 1.56. The molecule has 1 aliphatic rings. The van der Waals surface area contributed by atoms with E-state index in [2.05, 4.69) is 16.4 Å². The van der Waals surface area contributed by atoms with Gasteiger partial charge < -0.3 is 19.5 Å². The van der Waals surface area contributed by atoms with Crippen LogP contribution in [0.15, 0.2) is 55.0 Å². The van der Waals surface area contributed by atoms with Crippen LogP contribution in [-0.4, -0.2) is 40.1 Å². The Morgan fingerprint density at radius 3 is 2.82 bits per heavy atom. The first-order chi connectivity index (χ1) is 15.6. The number of carbonyl (C=O) groups excluding carboxylic acids is 1. The van der Waals surface area contributed by atoms with Crippen LogP contribution < -0.4 is 10.1 Å². The normalized spacial score (nSPS) is 15.2. The predicted octanol–water partition coefficient (Wildman–Crippen LogP) is 3.78. The van der Waals surface area contributed by atoms with Crippen molar-refractivity contribution in [2.75, 3.05) is 13.7 Å². The number of ether oxygens (including phenoxy) is 1. The summed E-state index contributed by atoms with van der Waals surface area (Å²) in [5, 5.41) is 13.2. The van der Waals surface area contributed by atoms with Crippen molar-refractivity contribution in [3.05, 3.63) is 82.4 Å². The second-order valence-electron chi connectivity index (χ2n) is 7.77. The van der Waals surface area contributed by atoms with Gasteiger partial charge in [-0.25, -0.2) is 4.98 Å². The van der Waals surface area contributed by atoms with E-state index >= 15 is 0 Å². The molecule has 0 saturated carbocycles. The molecule has 0 bridgehead atoms. The third-order valence-electron chi connectivity index (χ3n) is 5.63. The summed E-state index contributed by atoms with van der Waals surface area (Å²) in [6.45, 7) is 2.41. The number of nitrogens with one attached hydrogen (secondary N) is 1. The summed E-state index contributed by atoms with van der Waals surface area (Å²) < 4.78 is 7.33. The molecule has 1 atom stereocenters. The second-order valence-corrected chi connectivity index (χ2v) is 8.21. The number of aromatic nitrogens is 2. The van der Waals surface area contributed by atoms with Gasteiger partial charge in [-0.05, 0) is 41.8 Å². The number of benzene rings is 2. The van der Waals surface area contributed by atoms with Gasteiger partial charge in [0.2, 0.25) is 5.91 Å². The minimum Gasteiger partial charge on any atom is -0.495 e. The predicted molar refractivity (Wildman–Crippen MR) is 128 cm³/mol. The monoisotopic (exact) mass is 485 g/mol. The van der Waals surface area contributed by atoms with E-state index in [1.165, 1.54) is 0 Å². The number of imidazole rings is 1. The molecule has 1 fully saturated rings. The minimum absolute atomic E-state index is 0. The van der Waals surface area contributed by atoms with E-state index in [0.717, 1.165) is 23.2 Å². The number of hydrogen-bond donors (Lipinski definition) is 1. The van der Waals surface area contributed by atoms with Crippen molar-refractivity contribution in [3.8, 4) is 11.8 Å². The molecule has 1 aromatic heterocycles. The molecule has 9 heteroatoms. The van der Waals surface area contributed by atoms with Gasteiger partial charge in [0.05, 0.1) is 30.7 Å². The molecule has 0 spiro atoms. The second kappa shape index (κ2) is 11.2. The summed E-state index contributed by atoms with van der Waals surface area (Å²) >= 11 is 6.06. The van der Waals surface area contributed by atoms with Crippen LogP contribution in [0.2, 0.25) is 5.02 Å². The van der Waals surface area contributed by atoms with Crippen molar-refractivity contribution in [2.45, 2.75) is 32.1 Å². The van der Waals surface area contributed by atoms with E-state index < -0.39 is 0 Å². The number of likely N-dealkylation sites (tertiary alicyclic amines) is 1. The van der Waals surface area contributed by atoms with E-state index in [-0.39, 0.29) is 24.4 Å². The molecule has 0 unspecified atom stereocenters. The Hall–Kier alpha value is -3.05. The lowest BCUT2D eigenvalue weighted by Crippen LogP contribution is -2.38. The molecule has 4 rings (SSSR count). The van der Waals surface area contributed by atoms with Crippen molar-refractivity contribution in [3.63, 3.8) is 0 Å². The Labute approximate surface area is 204 Å². The average Bonchev–Trinajstić information content (AvgIpc) is 3.38. The van der Waals surface area contributed by atoms with E-state index in [1.807, 2.05) is 45.9 Å². The van der Waals surface area contributed by atoms with Gasteiger partial charge in [0.15, 0.2) is 0 Å². The summed E-state index contributed by atoms with van der Waals surface area (Å²) in [4.78, 5) is 19.0. The number of nitrogens with zero attached hydrogens (tertiary/aromatic N) is 4. The molecule has 0 aliphatic carbocycles. The molecule has 1 amide bonds. The molecule has 1 N–H and O–H groups in total. The van der Waals surface area contributed by atoms with Crippen LogP contribution in [0.3, 0.4) is 0 Å². The van der Waals surface area contributed by atoms with Crippen LogP contribution in [0.1, 0.15) is 28.8 Å². The van der Waals surface area contributed by atoms with Crippen LogP contribution in [0.4, 0.5) is 0 Å². The molecule has 2 aromatic carbocycles. The molecule has 3 aromatic rings. The fraction of sp³-hybridized carbons (Fsp3) is 0.292. The lowest BCUT2D eigenvalue weighted by molar-refractivity contribution is -0.129. The fourth-order valence-corrected chi connectivity index (χ4v) is 4.14. The lowest BCUT2D eigenvalue weighted by Gasteiger charge is -2.18. The number of nitriles is 1. The summed E-state index contributed by atoms with van der Waals surface area (Å²) in [5.41, 5.74) is 3.52. The number of halogens is 2. The third kappa shape index (κ3) is 5.85. The fourth-order valence-electron chi connectivity index (χ4n) is 3.93. The first-order valence-electron chi connectivity index (χ1n) is 10.4. The van der Waals surface area contributed by atoms with Crippen LogP contribution in [-0.2, 0) is 24.4 Å². The maximum absolute atomic E-state index is 12.8. The number of rotatable bonds is 8. The molecule has 172 valence electrons. The highest BCUT2D eigenvalue weighted by molar-refractivity contribution is 6.30. The van der Waals surface area contributed by atoms with Crippen molar-refractivity contribution in [1.82, 2.24) is 19.8 Å². The van der Waals surface area contributed by atoms with Gasteiger partial charge in [0, 0.05) is 37.4 Å². The number of hydrogen-bond acceptors (Lipinski definition) is 5. The maximum Gasteiger partial charge on any atom is 0.240 e. The largest absolute Gasteiger partial charge is 0.495 e. The Kier molecular flexibility index (Phi) is 8.34. The van der Waals surface area contributed by atoms with E-state index in [1.54, 1.807) is 25.7 Å². The van der Waals surface area contributed by atoms with Crippen LogP contribution in [0, 0.1) is 11.3 Å². The molecule has 1 aliphatic heterocycles. The number of amides is 1. The van der Waals surface area contributed by atoms with Crippen molar-refractivity contribution >= 4 is 29.9 Å². The molecule has 33 heavy (non-hydrogen) atoms. The highest BCUT2D eigenvalue weighted by atomic mass is 35.5. The van der Waals surface area contributed by atoms with Gasteiger partial charge in [-0.1, -0.05) is 29.8 Å². The molecular formula is C24H25Cl2N5O2. The van der Waals surface area contributed by atoms with Gasteiger partial charge in [-0.15, -0.1) is 12.4 Å². The van der Waals surface area contributed by atoms with E-state index in [4.69, 9.17) is 21.6 Å².